The average molecular weight is 532 g/mol. The average Bonchev–Trinajstić information content (AvgIpc) is 3.11. The van der Waals surface area contributed by atoms with Crippen LogP contribution in [0.1, 0.15) is 50.7 Å². The van der Waals surface area contributed by atoms with E-state index in [0.29, 0.717) is 27.6 Å². The molecule has 2 aromatic rings. The summed E-state index contributed by atoms with van der Waals surface area (Å²) in [5.41, 5.74) is 5.19. The van der Waals surface area contributed by atoms with Crippen LogP contribution in [0.2, 0.25) is 10.0 Å². The van der Waals surface area contributed by atoms with Crippen LogP contribution in [-0.4, -0.2) is 41.8 Å². The van der Waals surface area contributed by atoms with Crippen molar-refractivity contribution in [2.45, 2.75) is 63.1 Å². The number of aliphatic hydroxyl groups excluding tert-OH is 1. The van der Waals surface area contributed by atoms with Crippen molar-refractivity contribution in [3.63, 3.8) is 0 Å². The molecule has 0 saturated carbocycles. The number of ether oxygens (including phenoxy) is 1. The van der Waals surface area contributed by atoms with E-state index in [9.17, 15) is 20.0 Å². The number of nitrogens with one attached hydrogen (secondary N) is 1. The minimum absolute atomic E-state index is 0.179. The zero-order chi connectivity index (χ0) is 26.7. The van der Waals surface area contributed by atoms with Gasteiger partial charge < -0.3 is 15.6 Å². The van der Waals surface area contributed by atoms with Crippen LogP contribution in [0.3, 0.4) is 0 Å². The lowest BCUT2D eigenvalue weighted by Crippen LogP contribution is -2.44. The Labute approximate surface area is 221 Å². The largest absolute Gasteiger partial charge is 0.462 e. The summed E-state index contributed by atoms with van der Waals surface area (Å²) in [6, 6.07) is 15.4. The maximum absolute atomic E-state index is 13.4. The number of esters is 1. The van der Waals surface area contributed by atoms with Crippen LogP contribution in [0.25, 0.3) is 0 Å². The van der Waals surface area contributed by atoms with Gasteiger partial charge in [-0.3, -0.25) is 14.9 Å². The monoisotopic (exact) mass is 531 g/mol. The third kappa shape index (κ3) is 6.19. The summed E-state index contributed by atoms with van der Waals surface area (Å²) >= 11 is 12.5. The van der Waals surface area contributed by atoms with Gasteiger partial charge in [0.15, 0.2) is 0 Å². The Morgan fingerprint density at radius 3 is 2.42 bits per heavy atom. The number of benzene rings is 2. The van der Waals surface area contributed by atoms with Crippen LogP contribution in [0.5, 0.6) is 0 Å². The Hall–Kier alpha value is -2.63. The van der Waals surface area contributed by atoms with Crippen molar-refractivity contribution in [3.8, 4) is 6.07 Å². The molecule has 1 heterocycles. The van der Waals surface area contributed by atoms with Gasteiger partial charge in [-0.2, -0.15) is 5.26 Å². The number of hydrogen-bond donors (Lipinski definition) is 3. The molecule has 1 aliphatic rings. The van der Waals surface area contributed by atoms with Crippen LogP contribution in [0.15, 0.2) is 48.5 Å². The fourth-order valence-electron chi connectivity index (χ4n) is 4.99. The van der Waals surface area contributed by atoms with Crippen molar-refractivity contribution < 1.29 is 19.4 Å². The van der Waals surface area contributed by atoms with Gasteiger partial charge in [0.1, 0.15) is 18.1 Å². The highest BCUT2D eigenvalue weighted by atomic mass is 35.5. The molecule has 0 spiro atoms. The lowest BCUT2D eigenvalue weighted by molar-refractivity contribution is -0.150. The van der Waals surface area contributed by atoms with Gasteiger partial charge in [-0.15, -0.1) is 0 Å². The van der Waals surface area contributed by atoms with Gasteiger partial charge in [0.05, 0.1) is 18.6 Å². The molecule has 36 heavy (non-hydrogen) atoms. The summed E-state index contributed by atoms with van der Waals surface area (Å²) in [5.74, 6) is -2.02. The first-order valence-corrected chi connectivity index (χ1v) is 12.4. The normalized spacial score (nSPS) is 24.6. The van der Waals surface area contributed by atoms with Gasteiger partial charge in [0.25, 0.3) is 0 Å². The smallest absolute Gasteiger partial charge is 0.323 e. The van der Waals surface area contributed by atoms with Crippen molar-refractivity contribution in [2.24, 2.45) is 11.1 Å². The predicted molar refractivity (Wildman–Crippen MR) is 138 cm³/mol. The second-order valence-corrected chi connectivity index (χ2v) is 11.3. The summed E-state index contributed by atoms with van der Waals surface area (Å²) in [6.07, 6.45) is -0.975. The van der Waals surface area contributed by atoms with Crippen LogP contribution in [0, 0.1) is 16.7 Å². The number of halogens is 2. The highest BCUT2D eigenvalue weighted by Gasteiger charge is 2.60. The molecule has 1 fully saturated rings. The van der Waals surface area contributed by atoms with Crippen molar-refractivity contribution in [2.75, 3.05) is 6.61 Å². The Balaban J connectivity index is 2.13. The lowest BCUT2D eigenvalue weighted by atomic mass is 9.63. The van der Waals surface area contributed by atoms with Gasteiger partial charge in [0.2, 0.25) is 5.91 Å². The molecular formula is C27H31Cl2N3O4. The van der Waals surface area contributed by atoms with Crippen LogP contribution >= 0.6 is 23.2 Å². The molecule has 0 aromatic heterocycles. The van der Waals surface area contributed by atoms with Gasteiger partial charge >= 0.3 is 5.97 Å². The number of nitrogens with zero attached hydrogens (tertiary/aromatic N) is 1. The highest BCUT2D eigenvalue weighted by molar-refractivity contribution is 6.30. The van der Waals surface area contributed by atoms with E-state index in [4.69, 9.17) is 33.7 Å². The second kappa shape index (κ2) is 11.2. The topological polar surface area (TPSA) is 125 Å². The fourth-order valence-corrected chi connectivity index (χ4v) is 5.32. The second-order valence-electron chi connectivity index (χ2n) is 10.4. The third-order valence-corrected chi connectivity index (χ3v) is 6.88. The lowest BCUT2D eigenvalue weighted by Gasteiger charge is -2.37. The minimum atomic E-state index is -1.22. The summed E-state index contributed by atoms with van der Waals surface area (Å²) in [4.78, 5) is 24.5. The molecule has 3 rings (SSSR count). The molecule has 0 radical (unpaired) electrons. The maximum Gasteiger partial charge on any atom is 0.323 e. The molecule has 1 aliphatic heterocycles. The van der Waals surface area contributed by atoms with E-state index < -0.39 is 48.0 Å². The number of primary amides is 1. The number of rotatable bonds is 8. The van der Waals surface area contributed by atoms with E-state index in [2.05, 4.69) is 32.2 Å². The first kappa shape index (κ1) is 27.9. The number of amides is 1. The van der Waals surface area contributed by atoms with Crippen LogP contribution < -0.4 is 11.1 Å². The molecule has 0 bridgehead atoms. The Morgan fingerprint density at radius 2 is 1.86 bits per heavy atom. The summed E-state index contributed by atoms with van der Waals surface area (Å²) in [6.45, 7) is 5.81. The van der Waals surface area contributed by atoms with Gasteiger partial charge in [-0.05, 0) is 47.2 Å². The van der Waals surface area contributed by atoms with Crippen molar-refractivity contribution in [3.05, 3.63) is 69.7 Å². The first-order chi connectivity index (χ1) is 16.9. The molecular weight excluding hydrogens is 501 g/mol. The van der Waals surface area contributed by atoms with E-state index in [1.165, 1.54) is 0 Å². The maximum atomic E-state index is 13.4. The molecule has 0 unspecified atom stereocenters. The molecule has 4 N–H and O–H groups in total. The van der Waals surface area contributed by atoms with E-state index in [0.717, 1.165) is 0 Å². The van der Waals surface area contributed by atoms with E-state index >= 15 is 0 Å². The van der Waals surface area contributed by atoms with E-state index in [-0.39, 0.29) is 11.8 Å². The predicted octanol–water partition coefficient (Wildman–Crippen LogP) is 4.09. The SMILES string of the molecule is CC(C)(C)C[C@@H]1N[C@@H](C(=O)OC[C@@H](O)CC(N)=O)[C@H](c2cccc(Cl)c2)[C@@]1(C#N)c1ccc(Cl)cc1. The fraction of sp³-hybridized carbons (Fsp3) is 0.444. The van der Waals surface area contributed by atoms with Crippen LogP contribution in [-0.2, 0) is 19.7 Å². The van der Waals surface area contributed by atoms with Crippen LogP contribution in [0.4, 0.5) is 0 Å². The highest BCUT2D eigenvalue weighted by Crippen LogP contribution is 2.51. The molecule has 2 aromatic carbocycles. The molecule has 0 aliphatic carbocycles. The van der Waals surface area contributed by atoms with Crippen molar-refractivity contribution in [1.29, 1.82) is 5.26 Å². The minimum Gasteiger partial charge on any atom is -0.462 e. The van der Waals surface area contributed by atoms with Gasteiger partial charge in [0, 0.05) is 22.0 Å². The van der Waals surface area contributed by atoms with Gasteiger partial charge in [-0.1, -0.05) is 68.2 Å². The zero-order valence-corrected chi connectivity index (χ0v) is 22.0. The quantitative estimate of drug-likeness (QED) is 0.440. The molecule has 1 saturated heterocycles. The number of nitriles is 1. The zero-order valence-electron chi connectivity index (χ0n) is 20.5. The standard InChI is InChI=1S/C27H31Cl2N3O4/c1-26(2,3)13-21-27(15-30,17-7-9-18(28)10-8-17)23(16-5-4-6-19(29)11-16)24(32-21)25(35)36-14-20(33)12-22(31)34/h4-11,20-21,23-24,32-33H,12-14H2,1-3H3,(H2,31,34)/t20-,21-,23-,24+,27-/m0/s1. The summed E-state index contributed by atoms with van der Waals surface area (Å²) in [7, 11) is 0. The number of carbonyl (C=O) groups is 2. The number of nitrogens with two attached hydrogens (primary N) is 1. The Morgan fingerprint density at radius 1 is 1.19 bits per heavy atom. The third-order valence-electron chi connectivity index (χ3n) is 6.39. The number of carbonyl (C=O) groups excluding carboxylic acids is 2. The summed E-state index contributed by atoms with van der Waals surface area (Å²) in [5, 5.41) is 25.2. The number of hydrogen-bond acceptors (Lipinski definition) is 6. The Bertz CT molecular complexity index is 1140. The number of aliphatic hydroxyl groups is 1. The van der Waals surface area contributed by atoms with E-state index in [1.807, 2.05) is 18.2 Å². The molecule has 9 heteroatoms. The molecule has 192 valence electrons. The Kier molecular flexibility index (Phi) is 8.68. The van der Waals surface area contributed by atoms with Gasteiger partial charge in [-0.25, -0.2) is 0 Å². The molecule has 5 atom stereocenters. The van der Waals surface area contributed by atoms with Crippen molar-refractivity contribution in [1.82, 2.24) is 5.32 Å². The van der Waals surface area contributed by atoms with E-state index in [1.54, 1.807) is 30.3 Å². The molecule has 7 nitrogen and oxygen atoms in total. The summed E-state index contributed by atoms with van der Waals surface area (Å²) < 4.78 is 5.42. The van der Waals surface area contributed by atoms with Crippen molar-refractivity contribution >= 4 is 35.1 Å². The first-order valence-electron chi connectivity index (χ1n) is 11.7. The molecule has 1 amide bonds.